The minimum atomic E-state index is -0.186. The van der Waals surface area contributed by atoms with E-state index in [0.29, 0.717) is 27.9 Å². The molecule has 0 radical (unpaired) electrons. The van der Waals surface area contributed by atoms with Crippen LogP contribution in [0.5, 0.6) is 0 Å². The van der Waals surface area contributed by atoms with Gasteiger partial charge >= 0.3 is 0 Å². The van der Waals surface area contributed by atoms with Gasteiger partial charge in [0.1, 0.15) is 0 Å². The Morgan fingerprint density at radius 2 is 1.71 bits per heavy atom. The van der Waals surface area contributed by atoms with Gasteiger partial charge < -0.3 is 4.90 Å². The molecule has 0 bridgehead atoms. The van der Waals surface area contributed by atoms with Crippen molar-refractivity contribution in [2.45, 2.75) is 19.3 Å². The van der Waals surface area contributed by atoms with Crippen LogP contribution in [0.3, 0.4) is 0 Å². The molecule has 2 aromatic heterocycles. The van der Waals surface area contributed by atoms with Gasteiger partial charge in [-0.15, -0.1) is 0 Å². The second-order valence-electron chi connectivity index (χ2n) is 8.05. The third-order valence-corrected chi connectivity index (χ3v) is 6.37. The first-order valence-electron chi connectivity index (χ1n) is 10.6. The Balaban J connectivity index is 1.40. The van der Waals surface area contributed by atoms with Gasteiger partial charge in [0.25, 0.3) is 5.56 Å². The number of nitrogens with one attached hydrogen (secondary N) is 1. The molecule has 1 aliphatic heterocycles. The summed E-state index contributed by atoms with van der Waals surface area (Å²) < 4.78 is 0. The maximum absolute atomic E-state index is 13.0. The van der Waals surface area contributed by atoms with Crippen molar-refractivity contribution < 1.29 is 0 Å². The van der Waals surface area contributed by atoms with E-state index in [9.17, 15) is 4.79 Å². The molecule has 1 aliphatic rings. The summed E-state index contributed by atoms with van der Waals surface area (Å²) in [6.07, 6.45) is 4.93. The van der Waals surface area contributed by atoms with Crippen molar-refractivity contribution in [3.8, 4) is 11.1 Å². The van der Waals surface area contributed by atoms with Crippen LogP contribution in [0.25, 0.3) is 22.2 Å². The summed E-state index contributed by atoms with van der Waals surface area (Å²) in [7, 11) is 0. The highest BCUT2D eigenvalue weighted by Crippen LogP contribution is 2.31. The standard InChI is InChI=1S/C25H23ClN4O/c26-21-9-5-4-8-19(21)20-10-13-27-23-22(20)24(31)29-25(28-23)30-14-11-18(12-15-30)16-17-6-2-1-3-7-17/h1-10,13,18H,11-12,14-16H2,(H,27,28,29,31). The van der Waals surface area contributed by atoms with Gasteiger partial charge in [-0.3, -0.25) is 9.78 Å². The van der Waals surface area contributed by atoms with Crippen molar-refractivity contribution in [3.63, 3.8) is 0 Å². The maximum Gasteiger partial charge on any atom is 0.262 e. The topological polar surface area (TPSA) is 61.9 Å². The molecule has 31 heavy (non-hydrogen) atoms. The lowest BCUT2D eigenvalue weighted by molar-refractivity contribution is 0.400. The quantitative estimate of drug-likeness (QED) is 0.489. The average Bonchev–Trinajstić information content (AvgIpc) is 2.80. The van der Waals surface area contributed by atoms with E-state index in [1.165, 1.54) is 5.56 Å². The minimum absolute atomic E-state index is 0.186. The van der Waals surface area contributed by atoms with Gasteiger partial charge in [0.2, 0.25) is 5.95 Å². The Morgan fingerprint density at radius 3 is 2.48 bits per heavy atom. The largest absolute Gasteiger partial charge is 0.342 e. The number of piperidine rings is 1. The molecular weight excluding hydrogens is 408 g/mol. The number of pyridine rings is 1. The van der Waals surface area contributed by atoms with Gasteiger partial charge in [0.15, 0.2) is 5.65 Å². The molecule has 5 rings (SSSR count). The van der Waals surface area contributed by atoms with Crippen LogP contribution >= 0.6 is 11.6 Å². The predicted octanol–water partition coefficient (Wildman–Crippen LogP) is 5.10. The molecule has 1 N–H and O–H groups in total. The number of benzene rings is 2. The Kier molecular flexibility index (Phi) is 5.43. The summed E-state index contributed by atoms with van der Waals surface area (Å²) in [4.78, 5) is 27.3. The summed E-state index contributed by atoms with van der Waals surface area (Å²) in [5, 5.41) is 1.07. The fraction of sp³-hybridized carbons (Fsp3) is 0.240. The third kappa shape index (κ3) is 4.06. The zero-order valence-electron chi connectivity index (χ0n) is 17.1. The van der Waals surface area contributed by atoms with Crippen molar-refractivity contribution in [2.24, 2.45) is 5.92 Å². The maximum atomic E-state index is 13.0. The number of rotatable bonds is 4. The van der Waals surface area contributed by atoms with Crippen LogP contribution in [0.4, 0.5) is 5.95 Å². The second kappa shape index (κ2) is 8.52. The SMILES string of the molecule is O=c1[nH]c(N2CCC(Cc3ccccc3)CC2)nc2nccc(-c3ccccc3Cl)c12. The van der Waals surface area contributed by atoms with E-state index >= 15 is 0 Å². The molecule has 0 unspecified atom stereocenters. The molecule has 0 spiro atoms. The normalized spacial score (nSPS) is 14.8. The molecule has 6 heteroatoms. The number of fused-ring (bicyclic) bond motifs is 1. The zero-order chi connectivity index (χ0) is 21.2. The van der Waals surface area contributed by atoms with Crippen LogP contribution in [0, 0.1) is 5.92 Å². The number of aromatic nitrogens is 3. The molecule has 3 heterocycles. The van der Waals surface area contributed by atoms with Crippen molar-refractivity contribution in [2.75, 3.05) is 18.0 Å². The number of halogens is 1. The number of hydrogen-bond donors (Lipinski definition) is 1. The van der Waals surface area contributed by atoms with Crippen LogP contribution in [0.1, 0.15) is 18.4 Å². The summed E-state index contributed by atoms with van der Waals surface area (Å²) in [5.41, 5.74) is 3.20. The number of nitrogens with zero attached hydrogens (tertiary/aromatic N) is 3. The van der Waals surface area contributed by atoms with Crippen LogP contribution in [0.2, 0.25) is 5.02 Å². The molecule has 5 nitrogen and oxygen atoms in total. The molecule has 0 amide bonds. The van der Waals surface area contributed by atoms with E-state index in [1.54, 1.807) is 6.20 Å². The summed E-state index contributed by atoms with van der Waals surface area (Å²) in [5.74, 6) is 1.25. The van der Waals surface area contributed by atoms with E-state index in [-0.39, 0.29) is 5.56 Å². The van der Waals surface area contributed by atoms with E-state index in [1.807, 2.05) is 30.3 Å². The molecule has 4 aromatic rings. The second-order valence-corrected chi connectivity index (χ2v) is 8.45. The average molecular weight is 431 g/mol. The van der Waals surface area contributed by atoms with Crippen molar-refractivity contribution >= 4 is 28.6 Å². The molecule has 1 saturated heterocycles. The van der Waals surface area contributed by atoms with Crippen molar-refractivity contribution in [3.05, 3.63) is 87.8 Å². The first-order chi connectivity index (χ1) is 15.2. The smallest absolute Gasteiger partial charge is 0.262 e. The van der Waals surface area contributed by atoms with Crippen LogP contribution in [0.15, 0.2) is 71.7 Å². The minimum Gasteiger partial charge on any atom is -0.342 e. The molecule has 2 aromatic carbocycles. The van der Waals surface area contributed by atoms with E-state index in [0.717, 1.165) is 43.5 Å². The van der Waals surface area contributed by atoms with Gasteiger partial charge in [-0.2, -0.15) is 4.98 Å². The lowest BCUT2D eigenvalue weighted by Gasteiger charge is -2.32. The number of hydrogen-bond acceptors (Lipinski definition) is 4. The molecule has 0 atom stereocenters. The van der Waals surface area contributed by atoms with Crippen LogP contribution < -0.4 is 10.5 Å². The molecule has 156 valence electrons. The highest BCUT2D eigenvalue weighted by molar-refractivity contribution is 6.33. The zero-order valence-corrected chi connectivity index (χ0v) is 17.8. The number of anilines is 1. The highest BCUT2D eigenvalue weighted by Gasteiger charge is 2.22. The van der Waals surface area contributed by atoms with E-state index < -0.39 is 0 Å². The Labute approximate surface area is 185 Å². The summed E-state index contributed by atoms with van der Waals surface area (Å²) >= 11 is 6.37. The van der Waals surface area contributed by atoms with Crippen LogP contribution in [-0.4, -0.2) is 28.0 Å². The fourth-order valence-electron chi connectivity index (χ4n) is 4.40. The Morgan fingerprint density at radius 1 is 0.968 bits per heavy atom. The molecule has 0 saturated carbocycles. The Hall–Kier alpha value is -3.18. The third-order valence-electron chi connectivity index (χ3n) is 6.04. The van der Waals surface area contributed by atoms with Gasteiger partial charge in [0.05, 0.1) is 5.39 Å². The molecule has 0 aliphatic carbocycles. The van der Waals surface area contributed by atoms with Crippen molar-refractivity contribution in [1.29, 1.82) is 0 Å². The van der Waals surface area contributed by atoms with Gasteiger partial charge in [0, 0.05) is 35.4 Å². The summed E-state index contributed by atoms with van der Waals surface area (Å²) in [6, 6.07) is 19.9. The number of aromatic amines is 1. The lowest BCUT2D eigenvalue weighted by atomic mass is 9.90. The predicted molar refractivity (Wildman–Crippen MR) is 126 cm³/mol. The van der Waals surface area contributed by atoms with E-state index in [2.05, 4.69) is 45.2 Å². The van der Waals surface area contributed by atoms with E-state index in [4.69, 9.17) is 16.6 Å². The van der Waals surface area contributed by atoms with Crippen LogP contribution in [-0.2, 0) is 6.42 Å². The Bertz CT molecular complexity index is 1260. The number of H-pyrrole nitrogens is 1. The first-order valence-corrected chi connectivity index (χ1v) is 11.0. The van der Waals surface area contributed by atoms with Gasteiger partial charge in [-0.25, -0.2) is 4.98 Å². The van der Waals surface area contributed by atoms with Gasteiger partial charge in [-0.05, 0) is 42.9 Å². The lowest BCUT2D eigenvalue weighted by Crippen LogP contribution is -2.36. The molecule has 1 fully saturated rings. The monoisotopic (exact) mass is 430 g/mol. The summed E-state index contributed by atoms with van der Waals surface area (Å²) in [6.45, 7) is 1.74. The van der Waals surface area contributed by atoms with Gasteiger partial charge in [-0.1, -0.05) is 60.1 Å². The highest BCUT2D eigenvalue weighted by atomic mass is 35.5. The first kappa shape index (κ1) is 19.8. The fourth-order valence-corrected chi connectivity index (χ4v) is 4.64. The van der Waals surface area contributed by atoms with Crippen molar-refractivity contribution in [1.82, 2.24) is 15.0 Å². The molecular formula is C25H23ClN4O.